The molecule has 104 valence electrons. The van der Waals surface area contributed by atoms with Crippen LogP contribution in [0.4, 0.5) is 0 Å². The zero-order valence-electron chi connectivity index (χ0n) is 10.8. The second-order valence-electron chi connectivity index (χ2n) is 3.95. The van der Waals surface area contributed by atoms with Gasteiger partial charge in [0.25, 0.3) is 0 Å². The second kappa shape index (κ2) is 7.68. The molecule has 5 nitrogen and oxygen atoms in total. The van der Waals surface area contributed by atoms with Crippen molar-refractivity contribution in [2.24, 2.45) is 0 Å². The van der Waals surface area contributed by atoms with E-state index < -0.39 is 12.3 Å². The normalized spacial score (nSPS) is 12.1. The molecule has 0 spiro atoms. The van der Waals surface area contributed by atoms with Crippen LogP contribution in [0.15, 0.2) is 24.8 Å². The lowest BCUT2D eigenvalue weighted by atomic mass is 10.0. The smallest absolute Gasteiger partial charge is 0.335 e. The molecule has 0 bridgehead atoms. The minimum absolute atomic E-state index is 0.104. The summed E-state index contributed by atoms with van der Waals surface area (Å²) in [4.78, 5) is 11.1. The zero-order valence-corrected chi connectivity index (χ0v) is 10.8. The first-order valence-corrected chi connectivity index (χ1v) is 5.85. The van der Waals surface area contributed by atoms with Crippen molar-refractivity contribution in [1.29, 1.82) is 0 Å². The summed E-state index contributed by atoms with van der Waals surface area (Å²) < 4.78 is 9.90. The van der Waals surface area contributed by atoms with Crippen LogP contribution < -0.4 is 0 Å². The molecule has 0 saturated carbocycles. The van der Waals surface area contributed by atoms with Gasteiger partial charge >= 0.3 is 5.97 Å². The number of carboxylic acids is 1. The number of methoxy groups -OCH3 is 1. The summed E-state index contributed by atoms with van der Waals surface area (Å²) in [6, 6.07) is 4.84. The Kier molecular flexibility index (Phi) is 6.21. The van der Waals surface area contributed by atoms with E-state index in [1.165, 1.54) is 13.2 Å². The minimum Gasteiger partial charge on any atom is -0.478 e. The highest BCUT2D eigenvalue weighted by Gasteiger charge is 2.14. The maximum absolute atomic E-state index is 11.1. The predicted octanol–water partition coefficient (Wildman–Crippen LogP) is 1.55. The van der Waals surface area contributed by atoms with Gasteiger partial charge in [0, 0.05) is 13.5 Å². The minimum atomic E-state index is -1.06. The molecule has 1 aromatic carbocycles. The highest BCUT2D eigenvalue weighted by Crippen LogP contribution is 2.16. The zero-order chi connectivity index (χ0) is 14.3. The van der Waals surface area contributed by atoms with Gasteiger partial charge < -0.3 is 19.7 Å². The molecule has 0 fully saturated rings. The van der Waals surface area contributed by atoms with E-state index in [-0.39, 0.29) is 18.6 Å². The van der Waals surface area contributed by atoms with E-state index in [0.717, 1.165) is 5.56 Å². The molecule has 1 unspecified atom stereocenters. The summed E-state index contributed by atoms with van der Waals surface area (Å²) >= 11 is 0. The number of aliphatic hydroxyl groups is 1. The lowest BCUT2D eigenvalue weighted by Crippen LogP contribution is -2.19. The van der Waals surface area contributed by atoms with Crippen LogP contribution in [0.2, 0.25) is 0 Å². The number of aliphatic hydroxyl groups excluding tert-OH is 1. The van der Waals surface area contributed by atoms with Gasteiger partial charge in [-0.1, -0.05) is 24.8 Å². The fraction of sp³-hybridized carbons (Fsp3) is 0.357. The fourth-order valence-corrected chi connectivity index (χ4v) is 1.63. The largest absolute Gasteiger partial charge is 0.478 e. The van der Waals surface area contributed by atoms with Crippen molar-refractivity contribution in [2.75, 3.05) is 20.3 Å². The Morgan fingerprint density at radius 3 is 2.79 bits per heavy atom. The van der Waals surface area contributed by atoms with Crippen molar-refractivity contribution in [2.45, 2.75) is 12.7 Å². The lowest BCUT2D eigenvalue weighted by molar-refractivity contribution is -0.108. The molecule has 2 N–H and O–H groups in total. The third kappa shape index (κ3) is 4.82. The number of ether oxygens (including phenoxy) is 2. The average molecular weight is 266 g/mol. The summed E-state index contributed by atoms with van der Waals surface area (Å²) in [6.45, 7) is 4.25. The predicted molar refractivity (Wildman–Crippen MR) is 71.0 cm³/mol. The second-order valence-corrected chi connectivity index (χ2v) is 3.95. The van der Waals surface area contributed by atoms with Gasteiger partial charge in [-0.05, 0) is 17.2 Å². The van der Waals surface area contributed by atoms with E-state index in [2.05, 4.69) is 6.58 Å². The van der Waals surface area contributed by atoms with E-state index >= 15 is 0 Å². The van der Waals surface area contributed by atoms with E-state index in [9.17, 15) is 9.90 Å². The maximum Gasteiger partial charge on any atom is 0.335 e. The number of aromatic carboxylic acids is 1. The number of carbonyl (C=O) groups is 1. The van der Waals surface area contributed by atoms with Gasteiger partial charge in [0.15, 0.2) is 6.29 Å². The first-order chi connectivity index (χ1) is 9.08. The van der Waals surface area contributed by atoms with Crippen LogP contribution in [0.1, 0.15) is 21.5 Å². The SMILES string of the molecule is C=Cc1ccc(C(=O)O)c(CC(O)OCCOC)c1. The van der Waals surface area contributed by atoms with Crippen molar-refractivity contribution in [3.63, 3.8) is 0 Å². The molecule has 1 rings (SSSR count). The topological polar surface area (TPSA) is 76.0 Å². The van der Waals surface area contributed by atoms with Gasteiger partial charge in [-0.3, -0.25) is 0 Å². The van der Waals surface area contributed by atoms with E-state index in [1.807, 2.05) is 0 Å². The molecule has 0 aromatic heterocycles. The van der Waals surface area contributed by atoms with Crippen LogP contribution in [0.3, 0.4) is 0 Å². The van der Waals surface area contributed by atoms with Gasteiger partial charge in [0.2, 0.25) is 0 Å². The molecule has 0 heterocycles. The van der Waals surface area contributed by atoms with Crippen LogP contribution in [-0.2, 0) is 15.9 Å². The van der Waals surface area contributed by atoms with E-state index in [0.29, 0.717) is 12.2 Å². The Bertz CT molecular complexity index is 441. The van der Waals surface area contributed by atoms with Crippen molar-refractivity contribution < 1.29 is 24.5 Å². The molecule has 0 amide bonds. The molecule has 19 heavy (non-hydrogen) atoms. The van der Waals surface area contributed by atoms with Crippen LogP contribution >= 0.6 is 0 Å². The molecule has 5 heteroatoms. The average Bonchev–Trinajstić information content (AvgIpc) is 2.38. The van der Waals surface area contributed by atoms with Crippen LogP contribution in [0.25, 0.3) is 6.08 Å². The third-order valence-corrected chi connectivity index (χ3v) is 2.59. The Hall–Kier alpha value is -1.69. The first kappa shape index (κ1) is 15.4. The van der Waals surface area contributed by atoms with Crippen molar-refractivity contribution in [1.82, 2.24) is 0 Å². The summed E-state index contributed by atoms with van der Waals surface area (Å²) in [5.74, 6) is -1.03. The molecule has 0 aliphatic carbocycles. The van der Waals surface area contributed by atoms with Crippen LogP contribution in [0.5, 0.6) is 0 Å². The summed E-state index contributed by atoms with van der Waals surface area (Å²) in [7, 11) is 1.53. The summed E-state index contributed by atoms with van der Waals surface area (Å²) in [5.41, 5.74) is 1.46. The maximum atomic E-state index is 11.1. The van der Waals surface area contributed by atoms with Gasteiger partial charge in [-0.2, -0.15) is 0 Å². The quantitative estimate of drug-likeness (QED) is 0.551. The number of rotatable bonds is 8. The Morgan fingerprint density at radius 2 is 2.21 bits per heavy atom. The molecule has 1 atom stereocenters. The molecule has 0 radical (unpaired) electrons. The Labute approximate surface area is 112 Å². The fourth-order valence-electron chi connectivity index (χ4n) is 1.63. The lowest BCUT2D eigenvalue weighted by Gasteiger charge is -2.14. The van der Waals surface area contributed by atoms with E-state index in [1.54, 1.807) is 18.2 Å². The van der Waals surface area contributed by atoms with E-state index in [4.69, 9.17) is 14.6 Å². The molecule has 1 aromatic rings. The van der Waals surface area contributed by atoms with Gasteiger partial charge in [0.05, 0.1) is 18.8 Å². The van der Waals surface area contributed by atoms with Gasteiger partial charge in [-0.25, -0.2) is 4.79 Å². The van der Waals surface area contributed by atoms with Gasteiger partial charge in [0.1, 0.15) is 0 Å². The number of benzene rings is 1. The van der Waals surface area contributed by atoms with Crippen LogP contribution in [-0.4, -0.2) is 42.8 Å². The Balaban J connectivity index is 2.79. The molecular weight excluding hydrogens is 248 g/mol. The summed E-state index contributed by atoms with van der Waals surface area (Å²) in [6.07, 6.45) is 0.661. The highest BCUT2D eigenvalue weighted by atomic mass is 16.6. The first-order valence-electron chi connectivity index (χ1n) is 5.85. The summed E-state index contributed by atoms with van der Waals surface area (Å²) in [5, 5.41) is 18.8. The third-order valence-electron chi connectivity index (χ3n) is 2.59. The number of hydrogen-bond acceptors (Lipinski definition) is 4. The van der Waals surface area contributed by atoms with Crippen LogP contribution in [0, 0.1) is 0 Å². The van der Waals surface area contributed by atoms with Crippen molar-refractivity contribution in [3.05, 3.63) is 41.5 Å². The standard InChI is InChI=1S/C14H18O5/c1-3-10-4-5-12(14(16)17)11(8-10)9-13(15)19-7-6-18-2/h3-5,8,13,15H,1,6-7,9H2,2H3,(H,16,17). The monoisotopic (exact) mass is 266 g/mol. The Morgan fingerprint density at radius 1 is 1.47 bits per heavy atom. The number of hydrogen-bond donors (Lipinski definition) is 2. The van der Waals surface area contributed by atoms with Crippen molar-refractivity contribution in [3.8, 4) is 0 Å². The number of carboxylic acid groups (broad SMARTS) is 1. The molecule has 0 aliphatic heterocycles. The highest BCUT2D eigenvalue weighted by molar-refractivity contribution is 5.89. The van der Waals surface area contributed by atoms with Crippen molar-refractivity contribution >= 4 is 12.0 Å². The molecule has 0 aliphatic rings. The molecule has 0 saturated heterocycles. The van der Waals surface area contributed by atoms with Gasteiger partial charge in [-0.15, -0.1) is 0 Å². The molecular formula is C14H18O5.